The van der Waals surface area contributed by atoms with Crippen molar-refractivity contribution < 1.29 is 4.39 Å². The summed E-state index contributed by atoms with van der Waals surface area (Å²) in [7, 11) is 2.22. The van der Waals surface area contributed by atoms with Crippen molar-refractivity contribution in [3.05, 3.63) is 171 Å². The molecule has 2 saturated heterocycles. The zero-order valence-electron chi connectivity index (χ0n) is 42.4. The van der Waals surface area contributed by atoms with Crippen LogP contribution in [0.4, 0.5) is 15.8 Å². The van der Waals surface area contributed by atoms with Gasteiger partial charge in [0, 0.05) is 24.7 Å². The Balaban J connectivity index is 0.000000227. The molecular weight excluding hydrogens is 905 g/mol. The van der Waals surface area contributed by atoms with Crippen LogP contribution in [0.3, 0.4) is 0 Å². The van der Waals surface area contributed by atoms with Crippen LogP contribution in [0.15, 0.2) is 133 Å². The molecule has 8 rings (SSSR count). The van der Waals surface area contributed by atoms with E-state index in [9.17, 15) is 4.39 Å². The predicted octanol–water partition coefficient (Wildman–Crippen LogP) is 15.8. The molecule has 0 amide bonds. The van der Waals surface area contributed by atoms with E-state index in [1.807, 2.05) is 27.7 Å². The quantitative estimate of drug-likeness (QED) is 0.0542. The van der Waals surface area contributed by atoms with Gasteiger partial charge in [-0.25, -0.2) is 4.39 Å². The standard InChI is InChI=1S/C29H36FN.C27H34BIN.2C2H6/c1-5-7-22(6-2)26-15-11-24-20-21(3)8-14-27(24)28(26)23-9-12-25(13-10-23)31-18-16-29(4,30)17-19-31;1-5-7-20(6-2)25-14-10-22-18-23(28-3)11-15-26(22)27(25)21-8-12-24(13-9-21)30-17-16-29(4)19-30;2*1-2/h5-10,12-14,20,26,28H,11,15-19H2,1-4H3;5-9,11-13,15,18,25,27H,10,14,16-17,19H2,1-4H3;2*1-2H3/b7-5-,22-6+;7-5-,20-6+;;. The molecule has 4 aromatic rings. The van der Waals surface area contributed by atoms with Crippen LogP contribution in [0, 0.1) is 18.8 Å². The Morgan fingerprint density at radius 1 is 0.662 bits per heavy atom. The van der Waals surface area contributed by atoms with E-state index in [0.29, 0.717) is 36.5 Å². The predicted molar refractivity (Wildman–Crippen MR) is 297 cm³/mol. The fraction of sp³-hybridized carbons (Fsp3) is 0.467. The summed E-state index contributed by atoms with van der Waals surface area (Å²) < 4.78 is 17.0. The Kier molecular flexibility index (Phi) is 20.3. The van der Waals surface area contributed by atoms with Crippen molar-refractivity contribution in [3.8, 4) is 0 Å². The summed E-state index contributed by atoms with van der Waals surface area (Å²) in [6.45, 7) is 25.5. The molecular formula is C60H82BFIN2. The number of aryl methyl sites for hydroxylation is 3. The number of benzene rings is 4. The first-order chi connectivity index (χ1) is 31.6. The van der Waals surface area contributed by atoms with Crippen LogP contribution in [0.25, 0.3) is 0 Å². The van der Waals surface area contributed by atoms with E-state index in [-0.39, 0.29) is 0 Å². The molecule has 2 nitrogen and oxygen atoms in total. The van der Waals surface area contributed by atoms with Crippen molar-refractivity contribution in [1.82, 2.24) is 0 Å². The van der Waals surface area contributed by atoms with Crippen LogP contribution >= 0.6 is 19.8 Å². The molecule has 4 aliphatic rings. The Hall–Kier alpha value is -3.84. The number of allylic oxidation sites excluding steroid dienone is 8. The van der Waals surface area contributed by atoms with Gasteiger partial charge in [0.05, 0.1) is 0 Å². The van der Waals surface area contributed by atoms with Gasteiger partial charge in [0.15, 0.2) is 0 Å². The van der Waals surface area contributed by atoms with Crippen molar-refractivity contribution in [3.63, 3.8) is 0 Å². The summed E-state index contributed by atoms with van der Waals surface area (Å²) in [5, 5.41) is 0. The van der Waals surface area contributed by atoms with E-state index in [0.717, 1.165) is 19.5 Å². The molecule has 4 aromatic carbocycles. The van der Waals surface area contributed by atoms with Crippen molar-refractivity contribution in [2.45, 2.75) is 132 Å². The van der Waals surface area contributed by atoms with E-state index in [1.165, 1.54) is 102 Å². The number of anilines is 2. The van der Waals surface area contributed by atoms with Crippen molar-refractivity contribution in [1.29, 1.82) is 0 Å². The van der Waals surface area contributed by atoms with Crippen molar-refractivity contribution in [2.75, 3.05) is 43.3 Å². The minimum absolute atomic E-state index is 0.372. The summed E-state index contributed by atoms with van der Waals surface area (Å²) in [5.41, 5.74) is 16.1. The molecule has 1 radical (unpaired) electrons. The molecule has 4 unspecified atom stereocenters. The number of hydrogen-bond donors (Lipinski definition) is 0. The molecule has 65 heavy (non-hydrogen) atoms. The first-order valence-electron chi connectivity index (χ1n) is 25.1. The molecule has 5 heteroatoms. The second kappa shape index (κ2) is 25.3. The summed E-state index contributed by atoms with van der Waals surface area (Å²) in [4.78, 5) is 7.46. The third kappa shape index (κ3) is 13.0. The van der Waals surface area contributed by atoms with Gasteiger partial charge in [0.25, 0.3) is 0 Å². The second-order valence-electron chi connectivity index (χ2n) is 18.2. The third-order valence-electron chi connectivity index (χ3n) is 14.0. The van der Waals surface area contributed by atoms with Crippen LogP contribution in [0.5, 0.6) is 0 Å². The first kappa shape index (κ1) is 52.1. The molecule has 4 atom stereocenters. The Morgan fingerprint density at radius 3 is 1.58 bits per heavy atom. The van der Waals surface area contributed by atoms with Gasteiger partial charge in [-0.1, -0.05) is 88.6 Å². The van der Waals surface area contributed by atoms with Gasteiger partial charge in [-0.15, -0.1) is 0 Å². The molecule has 2 aliphatic heterocycles. The number of rotatable bonds is 9. The molecule has 349 valence electrons. The number of alkyl halides is 4. The van der Waals surface area contributed by atoms with E-state index < -0.39 is 25.5 Å². The van der Waals surface area contributed by atoms with Gasteiger partial charge in [-0.05, 0) is 93.7 Å². The topological polar surface area (TPSA) is 6.48 Å². The molecule has 0 aromatic heterocycles. The van der Waals surface area contributed by atoms with Gasteiger partial charge in [-0.3, -0.25) is 0 Å². The molecule has 2 fully saturated rings. The van der Waals surface area contributed by atoms with E-state index in [1.54, 1.807) is 6.92 Å². The number of halogens is 2. The van der Waals surface area contributed by atoms with Gasteiger partial charge in [0.1, 0.15) is 5.67 Å². The summed E-state index contributed by atoms with van der Waals surface area (Å²) in [6.07, 6.45) is 19.5. The van der Waals surface area contributed by atoms with E-state index in [4.69, 9.17) is 0 Å². The van der Waals surface area contributed by atoms with E-state index >= 15 is 0 Å². The molecule has 0 spiro atoms. The Morgan fingerprint density at radius 2 is 1.14 bits per heavy atom. The van der Waals surface area contributed by atoms with Crippen LogP contribution in [-0.4, -0.2) is 46.5 Å². The minimum atomic E-state index is -1.01. The van der Waals surface area contributed by atoms with Crippen LogP contribution < -0.4 is 15.3 Å². The second-order valence-corrected chi connectivity index (χ2v) is 24.0. The average molecular weight is 988 g/mol. The van der Waals surface area contributed by atoms with Gasteiger partial charge in [-0.2, -0.15) is 0 Å². The average Bonchev–Trinajstić information content (AvgIpc) is 3.79. The number of hydrogen-bond acceptors (Lipinski definition) is 2. The summed E-state index contributed by atoms with van der Waals surface area (Å²) in [6, 6.07) is 32.8. The Labute approximate surface area is 404 Å². The molecule has 2 heterocycles. The van der Waals surface area contributed by atoms with Crippen LogP contribution in [-0.2, 0) is 12.8 Å². The first-order valence-corrected chi connectivity index (χ1v) is 30.3. The third-order valence-corrected chi connectivity index (χ3v) is 18.3. The molecule has 0 saturated carbocycles. The zero-order chi connectivity index (χ0) is 47.1. The monoisotopic (exact) mass is 988 g/mol. The number of nitrogens with zero attached hydrogens (tertiary/aromatic N) is 2. The molecule has 2 aliphatic carbocycles. The zero-order valence-corrected chi connectivity index (χ0v) is 44.5. The summed E-state index contributed by atoms with van der Waals surface area (Å²) >= 11 is -0.665. The molecule has 0 bridgehead atoms. The SMILES string of the molecule is C/C=C\C(=C/C)C1CCc2cc(C)ccc2C1c1ccc(N2CCC(C)(F)CC2)cc1.CC.CC.C[B]c1ccc2c(c1)CCC(C(/C=C\C)=C/C)C2c1ccc(N2CCI(C)C2)cc1. The maximum atomic E-state index is 14.2. The fourth-order valence-corrected chi connectivity index (χ4v) is 14.5. The van der Waals surface area contributed by atoms with Gasteiger partial charge < -0.3 is 4.90 Å². The normalized spacial score (nSPS) is 22.2. The summed E-state index contributed by atoms with van der Waals surface area (Å²) in [5.74, 6) is 1.84. The van der Waals surface area contributed by atoms with Gasteiger partial charge >= 0.3 is 185 Å². The van der Waals surface area contributed by atoms with Crippen molar-refractivity contribution >= 4 is 43.9 Å². The fourth-order valence-electron chi connectivity index (χ4n) is 10.6. The van der Waals surface area contributed by atoms with E-state index in [2.05, 4.69) is 185 Å². The maximum absolute atomic E-state index is 14.2. The Bertz CT molecular complexity index is 2210. The number of fused-ring (bicyclic) bond motifs is 2. The van der Waals surface area contributed by atoms with Crippen LogP contribution in [0.2, 0.25) is 6.82 Å². The number of piperidine rings is 1. The van der Waals surface area contributed by atoms with Crippen molar-refractivity contribution in [2.24, 2.45) is 11.8 Å². The van der Waals surface area contributed by atoms with Crippen LogP contribution in [0.1, 0.15) is 139 Å². The van der Waals surface area contributed by atoms with Gasteiger partial charge in [0.2, 0.25) is 0 Å². The molecule has 0 N–H and O–H groups in total.